The molecule has 1 amide bonds. The Morgan fingerprint density at radius 2 is 1.70 bits per heavy atom. The van der Waals surface area contributed by atoms with Gasteiger partial charge in [-0.05, 0) is 31.4 Å². The molecule has 1 aromatic rings. The predicted octanol–water partition coefficient (Wildman–Crippen LogP) is 3.19. The van der Waals surface area contributed by atoms with Gasteiger partial charge in [0.2, 0.25) is 10.0 Å². The lowest BCUT2D eigenvalue weighted by molar-refractivity contribution is -0.0425. The van der Waals surface area contributed by atoms with Crippen molar-refractivity contribution in [3.8, 4) is 0 Å². The van der Waals surface area contributed by atoms with Crippen molar-refractivity contribution in [1.29, 1.82) is 0 Å². The summed E-state index contributed by atoms with van der Waals surface area (Å²) in [5.41, 5.74) is -0.319. The fourth-order valence-electron chi connectivity index (χ4n) is 4.61. The van der Waals surface area contributed by atoms with Gasteiger partial charge < -0.3 is 5.32 Å². The first-order chi connectivity index (χ1) is 13.9. The van der Waals surface area contributed by atoms with Crippen LogP contribution in [0.4, 0.5) is 4.39 Å². The molecule has 170 valence electrons. The van der Waals surface area contributed by atoms with Gasteiger partial charge in [0.1, 0.15) is 0 Å². The van der Waals surface area contributed by atoms with Crippen molar-refractivity contribution in [3.63, 3.8) is 0 Å². The van der Waals surface area contributed by atoms with E-state index in [4.69, 9.17) is 0 Å². The maximum Gasteiger partial charge on any atom is 0.253 e. The lowest BCUT2D eigenvalue weighted by atomic mass is 9.78. The largest absolute Gasteiger partial charge is 0.321 e. The summed E-state index contributed by atoms with van der Waals surface area (Å²) in [6, 6.07) is 8.68. The molecule has 0 aromatic heterocycles. The summed E-state index contributed by atoms with van der Waals surface area (Å²) in [7, 11) is -3.24. The first kappa shape index (κ1) is 25.0. The lowest BCUT2D eigenvalue weighted by Gasteiger charge is -2.50. The zero-order valence-electron chi connectivity index (χ0n) is 17.6. The van der Waals surface area contributed by atoms with Crippen molar-refractivity contribution in [1.82, 2.24) is 14.5 Å². The Morgan fingerprint density at radius 3 is 2.27 bits per heavy atom. The van der Waals surface area contributed by atoms with Crippen molar-refractivity contribution in [2.24, 2.45) is 0 Å². The molecule has 9 heteroatoms. The number of nitrogens with one attached hydrogen (secondary N) is 1. The molecule has 1 unspecified atom stereocenters. The van der Waals surface area contributed by atoms with Crippen molar-refractivity contribution in [2.75, 3.05) is 31.9 Å². The van der Waals surface area contributed by atoms with Crippen molar-refractivity contribution >= 4 is 28.3 Å². The van der Waals surface area contributed by atoms with Gasteiger partial charge in [-0.15, -0.1) is 12.4 Å². The van der Waals surface area contributed by atoms with Gasteiger partial charge in [0, 0.05) is 31.7 Å². The van der Waals surface area contributed by atoms with Gasteiger partial charge in [-0.25, -0.2) is 12.8 Å². The van der Waals surface area contributed by atoms with E-state index in [1.807, 2.05) is 13.0 Å². The number of carbonyl (C=O) groups is 1. The maximum absolute atomic E-state index is 15.6. The minimum Gasteiger partial charge on any atom is -0.321 e. The Morgan fingerprint density at radius 1 is 1.10 bits per heavy atom. The van der Waals surface area contributed by atoms with Gasteiger partial charge in [-0.1, -0.05) is 44.4 Å². The zero-order chi connectivity index (χ0) is 20.9. The number of alkyl halides is 1. The summed E-state index contributed by atoms with van der Waals surface area (Å²) in [6.07, 6.45) is 3.33. The SMILES string of the molecule is CCCS(=O)(=O)N1CCN(C2(C(F)NC(=O)c3ccccc3)CCCCC2)CC1.Cl. The number of nitrogens with zero attached hydrogens (tertiary/aromatic N) is 2. The van der Waals surface area contributed by atoms with Crippen LogP contribution < -0.4 is 5.32 Å². The number of hydrogen-bond acceptors (Lipinski definition) is 4. The van der Waals surface area contributed by atoms with Crippen molar-refractivity contribution in [3.05, 3.63) is 35.9 Å². The number of hydrogen-bond donors (Lipinski definition) is 1. The Labute approximate surface area is 185 Å². The molecule has 1 N–H and O–H groups in total. The summed E-state index contributed by atoms with van der Waals surface area (Å²) in [5.74, 6) is -0.260. The summed E-state index contributed by atoms with van der Waals surface area (Å²) in [5, 5.41) is 2.59. The van der Waals surface area contributed by atoms with Gasteiger partial charge in [0.15, 0.2) is 6.30 Å². The van der Waals surface area contributed by atoms with Crippen LogP contribution in [0.3, 0.4) is 0 Å². The number of benzene rings is 1. The van der Waals surface area contributed by atoms with Crippen LogP contribution in [0.15, 0.2) is 30.3 Å². The molecule has 1 saturated heterocycles. The third kappa shape index (κ3) is 5.52. The second-order valence-electron chi connectivity index (χ2n) is 8.07. The fraction of sp³-hybridized carbons (Fsp3) is 0.667. The van der Waals surface area contributed by atoms with E-state index in [1.165, 1.54) is 4.31 Å². The second kappa shape index (κ2) is 10.9. The van der Waals surface area contributed by atoms with E-state index in [-0.39, 0.29) is 18.2 Å². The van der Waals surface area contributed by atoms with Crippen LogP contribution in [0.5, 0.6) is 0 Å². The van der Waals surface area contributed by atoms with Crippen LogP contribution in [0.1, 0.15) is 55.8 Å². The highest BCUT2D eigenvalue weighted by molar-refractivity contribution is 7.89. The standard InChI is InChI=1S/C21H32FN3O3S.ClH/c1-2-17-29(27,28)25-15-13-24(14-16-25)21(11-7-4-8-12-21)20(22)23-19(26)18-9-5-3-6-10-18;/h3,5-6,9-10,20H,2,4,7-8,11-17H2,1H3,(H,23,26);1H. The summed E-state index contributed by atoms with van der Waals surface area (Å²) < 4.78 is 41.9. The molecule has 0 radical (unpaired) electrons. The predicted molar refractivity (Wildman–Crippen MR) is 119 cm³/mol. The molecular formula is C21H33ClFN3O3S. The Bertz CT molecular complexity index is 780. The highest BCUT2D eigenvalue weighted by atomic mass is 35.5. The number of carbonyl (C=O) groups excluding carboxylic acids is 1. The first-order valence-corrected chi connectivity index (χ1v) is 12.2. The molecule has 1 aliphatic heterocycles. The molecule has 6 nitrogen and oxygen atoms in total. The highest BCUT2D eigenvalue weighted by Crippen LogP contribution is 2.38. The van der Waals surface area contributed by atoms with Gasteiger partial charge in [0.05, 0.1) is 11.3 Å². The van der Waals surface area contributed by atoms with E-state index in [1.54, 1.807) is 24.3 Å². The molecular weight excluding hydrogens is 429 g/mol. The molecule has 2 fully saturated rings. The fourth-order valence-corrected chi connectivity index (χ4v) is 6.11. The Hall–Kier alpha value is -1.22. The normalized spacial score (nSPS) is 21.4. The smallest absolute Gasteiger partial charge is 0.253 e. The third-order valence-electron chi connectivity index (χ3n) is 6.21. The maximum atomic E-state index is 15.6. The van der Waals surface area contributed by atoms with Gasteiger partial charge >= 0.3 is 0 Å². The molecule has 1 aliphatic carbocycles. The van der Waals surface area contributed by atoms with Crippen molar-refractivity contribution < 1.29 is 17.6 Å². The highest BCUT2D eigenvalue weighted by Gasteiger charge is 2.47. The quantitative estimate of drug-likeness (QED) is 0.633. The first-order valence-electron chi connectivity index (χ1n) is 10.6. The number of rotatable bonds is 7. The molecule has 0 spiro atoms. The van der Waals surface area contributed by atoms with Crippen molar-refractivity contribution in [2.45, 2.75) is 57.3 Å². The van der Waals surface area contributed by atoms with E-state index in [2.05, 4.69) is 10.2 Å². The van der Waals surface area contributed by atoms with Crippen LogP contribution in [0.2, 0.25) is 0 Å². The number of piperazine rings is 1. The van der Waals surface area contributed by atoms with Gasteiger partial charge in [-0.2, -0.15) is 4.31 Å². The van der Waals surface area contributed by atoms with Crippen LogP contribution in [-0.4, -0.2) is 67.3 Å². The third-order valence-corrected chi connectivity index (χ3v) is 8.28. The van der Waals surface area contributed by atoms with Crippen LogP contribution >= 0.6 is 12.4 Å². The average Bonchev–Trinajstić information content (AvgIpc) is 2.75. The van der Waals surface area contributed by atoms with Gasteiger partial charge in [-0.3, -0.25) is 9.69 Å². The summed E-state index contributed by atoms with van der Waals surface area (Å²) in [6.45, 7) is 3.59. The molecule has 1 heterocycles. The minimum atomic E-state index is -3.24. The topological polar surface area (TPSA) is 69.7 Å². The lowest BCUT2D eigenvalue weighted by Crippen LogP contribution is -2.65. The minimum absolute atomic E-state index is 0. The van der Waals surface area contributed by atoms with E-state index in [0.29, 0.717) is 51.0 Å². The van der Waals surface area contributed by atoms with E-state index in [0.717, 1.165) is 19.3 Å². The van der Waals surface area contributed by atoms with Crippen LogP contribution in [0, 0.1) is 0 Å². The monoisotopic (exact) mass is 461 g/mol. The molecule has 2 aliphatic rings. The zero-order valence-corrected chi connectivity index (χ0v) is 19.2. The Balaban J connectivity index is 0.00000320. The molecule has 0 bridgehead atoms. The molecule has 1 atom stereocenters. The molecule has 30 heavy (non-hydrogen) atoms. The van der Waals surface area contributed by atoms with E-state index >= 15 is 4.39 Å². The molecule has 1 saturated carbocycles. The van der Waals surface area contributed by atoms with E-state index < -0.39 is 27.8 Å². The number of halogens is 2. The van der Waals surface area contributed by atoms with E-state index in [9.17, 15) is 13.2 Å². The molecule has 3 rings (SSSR count). The van der Waals surface area contributed by atoms with Crippen LogP contribution in [-0.2, 0) is 10.0 Å². The Kier molecular flexibility index (Phi) is 9.09. The average molecular weight is 462 g/mol. The number of amides is 1. The summed E-state index contributed by atoms with van der Waals surface area (Å²) >= 11 is 0. The molecule has 1 aromatic carbocycles. The van der Waals surface area contributed by atoms with Crippen LogP contribution in [0.25, 0.3) is 0 Å². The second-order valence-corrected chi connectivity index (χ2v) is 10.2. The van der Waals surface area contributed by atoms with Gasteiger partial charge in [0.25, 0.3) is 5.91 Å². The summed E-state index contributed by atoms with van der Waals surface area (Å²) in [4.78, 5) is 14.6. The number of sulfonamides is 1.